The van der Waals surface area contributed by atoms with Gasteiger partial charge in [0.2, 0.25) is 11.8 Å². The maximum atomic E-state index is 10.1. The van der Waals surface area contributed by atoms with Crippen LogP contribution in [0, 0.1) is 0 Å². The zero-order valence-electron chi connectivity index (χ0n) is 9.32. The molecule has 0 aromatic rings. The second kappa shape index (κ2) is 10.6. The van der Waals surface area contributed by atoms with Crippen LogP contribution in [0.2, 0.25) is 0 Å². The third kappa shape index (κ3) is 14.1. The average Bonchev–Trinajstić information content (AvgIpc) is 2.03. The number of nitrogens with zero attached hydrogens (tertiary/aromatic N) is 2. The molecule has 0 saturated heterocycles. The molecule has 1 N–H and O–H groups in total. The van der Waals surface area contributed by atoms with Crippen molar-refractivity contribution < 1.29 is 31.0 Å². The Morgan fingerprint density at radius 3 is 1.33 bits per heavy atom. The van der Waals surface area contributed by atoms with Crippen molar-refractivity contribution in [2.45, 2.75) is 6.92 Å². The van der Waals surface area contributed by atoms with Crippen LogP contribution in [0.1, 0.15) is 6.92 Å². The molecule has 0 aromatic heterocycles. The van der Waals surface area contributed by atoms with Gasteiger partial charge < -0.3 is 14.9 Å². The van der Waals surface area contributed by atoms with E-state index in [4.69, 9.17) is 28.3 Å². The molecule has 0 unspecified atom stereocenters. The summed E-state index contributed by atoms with van der Waals surface area (Å²) >= 11 is 10.4. The molecule has 0 aromatic carbocycles. The van der Waals surface area contributed by atoms with Gasteiger partial charge in [-0.05, 0) is 0 Å². The van der Waals surface area contributed by atoms with Gasteiger partial charge in [-0.15, -0.1) is 0 Å². The first-order valence-corrected chi connectivity index (χ1v) is 4.55. The first-order chi connectivity index (χ1) is 6.20. The molecular formula is C8H16Cl2N2O2Pt. The number of hydrogen-bond donors (Lipinski definition) is 1. The van der Waals surface area contributed by atoms with Crippen LogP contribution in [-0.4, -0.2) is 49.0 Å². The van der Waals surface area contributed by atoms with Crippen LogP contribution in [0.15, 0.2) is 10.4 Å². The number of hydrogen-bond acceptors (Lipinski definition) is 3. The minimum absolute atomic E-state index is 0. The van der Waals surface area contributed by atoms with Crippen molar-refractivity contribution in [1.82, 2.24) is 9.80 Å². The number of halogens is 2. The summed E-state index contributed by atoms with van der Waals surface area (Å²) in [5.41, 5.74) is 0. The number of amides is 1. The van der Waals surface area contributed by atoms with Gasteiger partial charge in [-0.25, -0.2) is 0 Å². The third-order valence-corrected chi connectivity index (χ3v) is 1.56. The van der Waals surface area contributed by atoms with E-state index in [0.29, 0.717) is 0 Å². The van der Waals surface area contributed by atoms with Gasteiger partial charge >= 0.3 is 0 Å². The van der Waals surface area contributed by atoms with Gasteiger partial charge in [0, 0.05) is 56.2 Å². The Morgan fingerprint density at radius 1 is 1.07 bits per heavy atom. The normalized spacial score (nSPS) is 7.67. The summed E-state index contributed by atoms with van der Waals surface area (Å²) in [5.74, 6) is -0.0247. The largest absolute Gasteiger partial charge is 0.493 e. The summed E-state index contributed by atoms with van der Waals surface area (Å²) in [5, 5.41) is 8.75. The average molecular weight is 438 g/mol. The van der Waals surface area contributed by atoms with E-state index in [9.17, 15) is 4.79 Å². The van der Waals surface area contributed by atoms with Crippen molar-refractivity contribution in [2.24, 2.45) is 0 Å². The topological polar surface area (TPSA) is 43.8 Å². The smallest absolute Gasteiger partial charge is 0.218 e. The van der Waals surface area contributed by atoms with Crippen LogP contribution in [-0.2, 0) is 25.9 Å². The monoisotopic (exact) mass is 437 g/mol. The summed E-state index contributed by atoms with van der Waals surface area (Å²) in [6, 6.07) is 0. The molecule has 0 atom stereocenters. The van der Waals surface area contributed by atoms with Crippen LogP contribution >= 0.6 is 23.2 Å². The maximum absolute atomic E-state index is 10.1. The molecule has 0 aliphatic rings. The second-order valence-electron chi connectivity index (χ2n) is 2.89. The first-order valence-electron chi connectivity index (χ1n) is 3.79. The van der Waals surface area contributed by atoms with Crippen molar-refractivity contribution in [3.05, 3.63) is 10.4 Å². The van der Waals surface area contributed by atoms with Gasteiger partial charge in [0.05, 0.1) is 0 Å². The third-order valence-electron chi connectivity index (χ3n) is 1.22. The van der Waals surface area contributed by atoms with E-state index in [-0.39, 0.29) is 37.3 Å². The van der Waals surface area contributed by atoms with Crippen LogP contribution in [0.5, 0.6) is 0 Å². The van der Waals surface area contributed by atoms with Crippen LogP contribution in [0.4, 0.5) is 0 Å². The standard InChI is InChI=1S/C4H7Cl2NO.C4H9NO.Pt/c1-7(2)4(8)3(5)6;1-4(6)5(2)3;/h8H,1-2H3;1-3H3;. The predicted octanol–water partition coefficient (Wildman–Crippen LogP) is 1.80. The summed E-state index contributed by atoms with van der Waals surface area (Å²) in [4.78, 5) is 13.0. The van der Waals surface area contributed by atoms with Gasteiger partial charge in [-0.3, -0.25) is 4.79 Å². The fraction of sp³-hybridized carbons (Fsp3) is 0.625. The molecule has 0 spiro atoms. The molecule has 1 amide bonds. The minimum atomic E-state index is -0.117. The Bertz CT molecular complexity index is 217. The molecule has 4 nitrogen and oxygen atoms in total. The van der Waals surface area contributed by atoms with Gasteiger partial charge in [-0.2, -0.15) is 0 Å². The van der Waals surface area contributed by atoms with Gasteiger partial charge in [0.15, 0.2) is 4.49 Å². The zero-order valence-corrected chi connectivity index (χ0v) is 13.1. The fourth-order valence-electron chi connectivity index (χ4n) is 0.169. The van der Waals surface area contributed by atoms with Crippen LogP contribution in [0.3, 0.4) is 0 Å². The van der Waals surface area contributed by atoms with E-state index in [1.165, 1.54) is 16.7 Å². The van der Waals surface area contributed by atoms with Crippen LogP contribution in [0.25, 0.3) is 0 Å². The SMILES string of the molecule is CC(=O)N(C)C.CN(C)C(O)=C(Cl)Cl.[Pt]. The molecule has 0 rings (SSSR count). The molecule has 0 saturated carbocycles. The van der Waals surface area contributed by atoms with Crippen molar-refractivity contribution in [2.75, 3.05) is 28.2 Å². The first kappa shape index (κ1) is 20.5. The Balaban J connectivity index is -0.000000187. The van der Waals surface area contributed by atoms with E-state index >= 15 is 0 Å². The van der Waals surface area contributed by atoms with E-state index in [0.717, 1.165) is 0 Å². The molecule has 7 heteroatoms. The molecule has 0 radical (unpaired) electrons. The van der Waals surface area contributed by atoms with Crippen molar-refractivity contribution in [1.29, 1.82) is 0 Å². The van der Waals surface area contributed by atoms with Crippen LogP contribution < -0.4 is 0 Å². The second-order valence-corrected chi connectivity index (χ2v) is 3.84. The van der Waals surface area contributed by atoms with Crippen molar-refractivity contribution in [3.63, 3.8) is 0 Å². The summed E-state index contributed by atoms with van der Waals surface area (Å²) in [7, 11) is 6.73. The van der Waals surface area contributed by atoms with Gasteiger partial charge in [0.1, 0.15) is 0 Å². The quantitative estimate of drug-likeness (QED) is 0.636. The predicted molar refractivity (Wildman–Crippen MR) is 59.4 cm³/mol. The van der Waals surface area contributed by atoms with E-state index in [2.05, 4.69) is 0 Å². The molecule has 94 valence electrons. The number of carbonyl (C=O) groups excluding carboxylic acids is 1. The molecule has 0 fully saturated rings. The van der Waals surface area contributed by atoms with Gasteiger partial charge in [0.25, 0.3) is 0 Å². The summed E-state index contributed by atoms with van der Waals surface area (Å²) in [6.45, 7) is 1.53. The maximum Gasteiger partial charge on any atom is 0.218 e. The molecule has 15 heavy (non-hydrogen) atoms. The van der Waals surface area contributed by atoms with E-state index in [1.54, 1.807) is 28.2 Å². The molecule has 0 aliphatic heterocycles. The number of rotatable bonds is 1. The summed E-state index contributed by atoms with van der Waals surface area (Å²) < 4.78 is -0.116. The molecule has 0 aliphatic carbocycles. The minimum Gasteiger partial charge on any atom is -0.493 e. The Hall–Kier alpha value is 0.0783. The Morgan fingerprint density at radius 2 is 1.33 bits per heavy atom. The fourth-order valence-corrected chi connectivity index (χ4v) is 0.507. The van der Waals surface area contributed by atoms with E-state index < -0.39 is 0 Å². The van der Waals surface area contributed by atoms with Crippen molar-refractivity contribution >= 4 is 29.1 Å². The number of aliphatic hydroxyl groups is 1. The number of carbonyl (C=O) groups is 1. The Labute approximate surface area is 115 Å². The zero-order chi connectivity index (χ0) is 11.9. The molecular weight excluding hydrogens is 422 g/mol. The van der Waals surface area contributed by atoms with Crippen molar-refractivity contribution in [3.8, 4) is 0 Å². The Kier molecular flexibility index (Phi) is 14.5. The molecule has 0 bridgehead atoms. The number of aliphatic hydroxyl groups excluding tert-OH is 1. The van der Waals surface area contributed by atoms with E-state index in [1.807, 2.05) is 0 Å². The summed E-state index contributed by atoms with van der Waals surface area (Å²) in [6.07, 6.45) is 0. The molecule has 0 heterocycles. The van der Waals surface area contributed by atoms with Gasteiger partial charge in [-0.1, -0.05) is 23.2 Å².